The number of aliphatic imine (C=N–C) groups is 1. The molecule has 1 heterocycles. The van der Waals surface area contributed by atoms with Gasteiger partial charge in [0.1, 0.15) is 0 Å². The largest absolute Gasteiger partial charge is 0.412 e. The summed E-state index contributed by atoms with van der Waals surface area (Å²) in [6.45, 7) is 0.179. The number of carbonyl (C=O) groups is 2. The lowest BCUT2D eigenvalue weighted by Crippen LogP contribution is -2.29. The zero-order valence-electron chi connectivity index (χ0n) is 10.4. The Bertz CT molecular complexity index is 577. The van der Waals surface area contributed by atoms with Crippen LogP contribution in [0.2, 0.25) is 10.0 Å². The highest BCUT2D eigenvalue weighted by Crippen LogP contribution is 2.25. The van der Waals surface area contributed by atoms with Crippen LogP contribution < -0.4 is 10.6 Å². The quantitative estimate of drug-likeness (QED) is 0.810. The van der Waals surface area contributed by atoms with Crippen LogP contribution in [-0.4, -0.2) is 41.9 Å². The van der Waals surface area contributed by atoms with Crippen molar-refractivity contribution in [2.24, 2.45) is 4.99 Å². The summed E-state index contributed by atoms with van der Waals surface area (Å²) < 4.78 is 0. The summed E-state index contributed by atoms with van der Waals surface area (Å²) in [5.41, 5.74) is 0.468. The highest BCUT2D eigenvalue weighted by molar-refractivity contribution is 6.42. The third kappa shape index (κ3) is 3.83. The van der Waals surface area contributed by atoms with Crippen LogP contribution in [0, 0.1) is 0 Å². The van der Waals surface area contributed by atoms with Gasteiger partial charge in [-0.3, -0.25) is 10.1 Å². The Balaban J connectivity index is 0.00000200. The fourth-order valence-corrected chi connectivity index (χ4v) is 1.78. The lowest BCUT2D eigenvalue weighted by atomic mass is 10.3. The highest BCUT2D eigenvalue weighted by atomic mass is 35.5. The van der Waals surface area contributed by atoms with Crippen molar-refractivity contribution in [3.8, 4) is 0 Å². The van der Waals surface area contributed by atoms with Crippen molar-refractivity contribution in [2.75, 3.05) is 18.9 Å². The van der Waals surface area contributed by atoms with E-state index in [2.05, 4.69) is 15.6 Å². The van der Waals surface area contributed by atoms with E-state index < -0.39 is 6.03 Å². The second-order valence-electron chi connectivity index (χ2n) is 3.90. The van der Waals surface area contributed by atoms with Gasteiger partial charge in [0.2, 0.25) is 11.9 Å². The Hall–Kier alpha value is -1.83. The van der Waals surface area contributed by atoms with Gasteiger partial charge in [-0.1, -0.05) is 23.2 Å². The molecule has 1 aliphatic rings. The summed E-state index contributed by atoms with van der Waals surface area (Å²) in [6.07, 6.45) is 0. The van der Waals surface area contributed by atoms with E-state index in [9.17, 15) is 9.59 Å². The summed E-state index contributed by atoms with van der Waals surface area (Å²) in [5, 5.41) is 5.72. The molecule has 0 atom stereocenters. The molecular formula is C11H12Cl2N4O3. The zero-order chi connectivity index (χ0) is 14.0. The lowest BCUT2D eigenvalue weighted by molar-refractivity contribution is -0.118. The van der Waals surface area contributed by atoms with Gasteiger partial charge in [0.15, 0.2) is 0 Å². The Labute approximate surface area is 124 Å². The first-order chi connectivity index (χ1) is 8.95. The van der Waals surface area contributed by atoms with Crippen molar-refractivity contribution in [3.05, 3.63) is 28.2 Å². The molecule has 0 spiro atoms. The number of urea groups is 1. The van der Waals surface area contributed by atoms with Crippen LogP contribution in [0.4, 0.5) is 10.5 Å². The lowest BCUT2D eigenvalue weighted by Gasteiger charge is -2.08. The molecule has 3 amide bonds. The van der Waals surface area contributed by atoms with Crippen molar-refractivity contribution in [2.45, 2.75) is 0 Å². The van der Waals surface area contributed by atoms with E-state index in [-0.39, 0.29) is 23.9 Å². The van der Waals surface area contributed by atoms with Crippen molar-refractivity contribution in [1.29, 1.82) is 0 Å². The van der Waals surface area contributed by atoms with Crippen LogP contribution in [-0.2, 0) is 4.79 Å². The van der Waals surface area contributed by atoms with Crippen LogP contribution in [0.5, 0.6) is 0 Å². The van der Waals surface area contributed by atoms with Gasteiger partial charge in [-0.25, -0.2) is 4.79 Å². The van der Waals surface area contributed by atoms with Crippen molar-refractivity contribution in [3.63, 3.8) is 0 Å². The first kappa shape index (κ1) is 16.2. The number of hydrogen-bond acceptors (Lipinski definition) is 2. The van der Waals surface area contributed by atoms with Gasteiger partial charge in [0.25, 0.3) is 0 Å². The minimum atomic E-state index is -0.609. The van der Waals surface area contributed by atoms with Gasteiger partial charge < -0.3 is 15.7 Å². The van der Waals surface area contributed by atoms with E-state index in [1.165, 1.54) is 11.0 Å². The van der Waals surface area contributed by atoms with Crippen LogP contribution in [0.1, 0.15) is 0 Å². The molecule has 1 aromatic carbocycles. The van der Waals surface area contributed by atoms with E-state index in [0.717, 1.165) is 0 Å². The van der Waals surface area contributed by atoms with E-state index in [1.54, 1.807) is 19.2 Å². The molecule has 9 heteroatoms. The molecule has 0 bridgehead atoms. The molecule has 7 nitrogen and oxygen atoms in total. The van der Waals surface area contributed by atoms with Crippen LogP contribution in [0.15, 0.2) is 23.2 Å². The van der Waals surface area contributed by atoms with Crippen molar-refractivity contribution < 1.29 is 15.1 Å². The van der Waals surface area contributed by atoms with Crippen LogP contribution in [0.25, 0.3) is 0 Å². The predicted octanol–water partition coefficient (Wildman–Crippen LogP) is 1.12. The summed E-state index contributed by atoms with van der Waals surface area (Å²) in [7, 11) is 1.66. The Morgan fingerprint density at radius 3 is 2.65 bits per heavy atom. The van der Waals surface area contributed by atoms with E-state index in [4.69, 9.17) is 23.2 Å². The van der Waals surface area contributed by atoms with Crippen molar-refractivity contribution in [1.82, 2.24) is 10.2 Å². The van der Waals surface area contributed by atoms with E-state index in [1.807, 2.05) is 0 Å². The Kier molecular flexibility index (Phi) is 5.32. The highest BCUT2D eigenvalue weighted by Gasteiger charge is 2.22. The third-order valence-corrected chi connectivity index (χ3v) is 3.11. The maximum absolute atomic E-state index is 11.7. The minimum absolute atomic E-state index is 0. The fraction of sp³-hybridized carbons (Fsp3) is 0.182. The molecule has 1 aliphatic heterocycles. The summed E-state index contributed by atoms with van der Waals surface area (Å²) >= 11 is 11.6. The van der Waals surface area contributed by atoms with Gasteiger partial charge in [-0.2, -0.15) is 4.99 Å². The average molecular weight is 319 g/mol. The number of benzene rings is 1. The SMILES string of the molecule is CN1CC(=O)NC1=NC(=O)Nc1ccc(Cl)c(Cl)c1.O. The molecule has 20 heavy (non-hydrogen) atoms. The summed E-state index contributed by atoms with van der Waals surface area (Å²) in [4.78, 5) is 28.0. The predicted molar refractivity (Wildman–Crippen MR) is 77.3 cm³/mol. The number of nitrogens with one attached hydrogen (secondary N) is 2. The number of anilines is 1. The number of halogens is 2. The number of carbonyl (C=O) groups excluding carboxylic acids is 2. The van der Waals surface area contributed by atoms with Crippen LogP contribution >= 0.6 is 23.2 Å². The molecule has 0 aromatic heterocycles. The fourth-order valence-electron chi connectivity index (χ4n) is 1.48. The number of likely N-dealkylation sites (N-methyl/N-ethyl adjacent to an activating group) is 1. The average Bonchev–Trinajstić information content (AvgIpc) is 2.62. The third-order valence-electron chi connectivity index (χ3n) is 2.37. The molecule has 2 rings (SSSR count). The topological polar surface area (TPSA) is 105 Å². The summed E-state index contributed by atoms with van der Waals surface area (Å²) in [6, 6.07) is 4.07. The molecular weight excluding hydrogens is 307 g/mol. The van der Waals surface area contributed by atoms with Gasteiger partial charge in [0, 0.05) is 12.7 Å². The summed E-state index contributed by atoms with van der Waals surface area (Å²) in [5.74, 6) is 0.00569. The molecule has 1 saturated heterocycles. The van der Waals surface area contributed by atoms with Gasteiger partial charge in [-0.15, -0.1) is 0 Å². The Morgan fingerprint density at radius 2 is 2.10 bits per heavy atom. The van der Waals surface area contributed by atoms with Gasteiger partial charge in [-0.05, 0) is 18.2 Å². The first-order valence-electron chi connectivity index (χ1n) is 5.31. The first-order valence-corrected chi connectivity index (χ1v) is 6.07. The number of guanidine groups is 1. The zero-order valence-corrected chi connectivity index (χ0v) is 11.9. The molecule has 0 aliphatic carbocycles. The molecule has 0 saturated carbocycles. The molecule has 1 fully saturated rings. The van der Waals surface area contributed by atoms with Crippen LogP contribution in [0.3, 0.4) is 0 Å². The molecule has 0 unspecified atom stereocenters. The molecule has 1 aromatic rings. The monoisotopic (exact) mass is 318 g/mol. The molecule has 0 radical (unpaired) electrons. The number of amides is 3. The second kappa shape index (κ2) is 6.56. The maximum Gasteiger partial charge on any atom is 0.348 e. The number of rotatable bonds is 1. The standard InChI is InChI=1S/C11H10Cl2N4O2.H2O/c1-17-5-9(18)15-10(17)16-11(19)14-6-2-3-7(12)8(13)4-6;/h2-4H,5H2,1H3,(H2,14,15,16,18,19);1H2. The maximum atomic E-state index is 11.7. The van der Waals surface area contributed by atoms with Gasteiger partial charge in [0.05, 0.1) is 16.6 Å². The smallest absolute Gasteiger partial charge is 0.348 e. The van der Waals surface area contributed by atoms with E-state index in [0.29, 0.717) is 15.7 Å². The Morgan fingerprint density at radius 1 is 1.40 bits per heavy atom. The minimum Gasteiger partial charge on any atom is -0.412 e. The molecule has 4 N–H and O–H groups in total. The number of nitrogens with zero attached hydrogens (tertiary/aromatic N) is 2. The molecule has 108 valence electrons. The number of hydrogen-bond donors (Lipinski definition) is 2. The second-order valence-corrected chi connectivity index (χ2v) is 4.71. The van der Waals surface area contributed by atoms with Gasteiger partial charge >= 0.3 is 6.03 Å². The van der Waals surface area contributed by atoms with Crippen molar-refractivity contribution >= 4 is 46.8 Å². The normalized spacial score (nSPS) is 15.8. The van der Waals surface area contributed by atoms with E-state index >= 15 is 0 Å².